The van der Waals surface area contributed by atoms with Gasteiger partial charge in [0.1, 0.15) is 0 Å². The van der Waals surface area contributed by atoms with E-state index in [1.165, 1.54) is 83.7 Å². The fourth-order valence-corrected chi connectivity index (χ4v) is 3.04. The molecule has 0 saturated carbocycles. The zero-order valence-electron chi connectivity index (χ0n) is 13.2. The number of hydrogen-bond acceptors (Lipinski definition) is 2. The summed E-state index contributed by atoms with van der Waals surface area (Å²) in [4.78, 5) is 2.80. The molecule has 1 fully saturated rings. The first-order valence-electron chi connectivity index (χ1n) is 8.38. The highest BCUT2D eigenvalue weighted by molar-refractivity contribution is 4.76. The molecule has 1 rings (SSSR count). The minimum atomic E-state index is 0.926. The minimum absolute atomic E-state index is 0.926. The Labute approximate surface area is 121 Å². The van der Waals surface area contributed by atoms with E-state index in [1.54, 1.807) is 0 Å². The Balaban J connectivity index is 0.00000154. The van der Waals surface area contributed by atoms with Crippen molar-refractivity contribution in [3.05, 3.63) is 0 Å². The number of likely N-dealkylation sites (tertiary alicyclic amines) is 1. The average molecular weight is 266 g/mol. The van der Waals surface area contributed by atoms with Crippen LogP contribution in [0.1, 0.15) is 84.5 Å². The predicted molar refractivity (Wildman–Crippen MR) is 84.2 cm³/mol. The molecule has 0 radical (unpaired) electrons. The molecule has 19 heavy (non-hydrogen) atoms. The monoisotopic (exact) mass is 266 g/mol. The van der Waals surface area contributed by atoms with Crippen LogP contribution in [0.2, 0.25) is 0 Å². The normalized spacial score (nSPS) is 19.7. The van der Waals surface area contributed by atoms with Crippen molar-refractivity contribution in [1.29, 1.82) is 5.26 Å². The molecule has 2 nitrogen and oxygen atoms in total. The summed E-state index contributed by atoms with van der Waals surface area (Å²) in [6.45, 7) is 10.9. The van der Waals surface area contributed by atoms with E-state index in [9.17, 15) is 0 Å². The lowest BCUT2D eigenvalue weighted by molar-refractivity contribution is 0.135. The van der Waals surface area contributed by atoms with Crippen molar-refractivity contribution in [2.45, 2.75) is 90.5 Å². The maximum absolute atomic E-state index is 6.50. The molecule has 1 aliphatic heterocycles. The number of hydrogen-bond donors (Lipinski definition) is 0. The number of rotatable bonds is 9. The lowest BCUT2D eigenvalue weighted by Crippen LogP contribution is -2.40. The molecule has 1 unspecified atom stereocenters. The summed E-state index contributed by atoms with van der Waals surface area (Å²) in [6, 6.07) is 0.926. The Morgan fingerprint density at radius 1 is 0.947 bits per heavy atom. The molecular formula is C17H34N2. The van der Waals surface area contributed by atoms with Crippen LogP contribution >= 0.6 is 0 Å². The summed E-state index contributed by atoms with van der Waals surface area (Å²) in [5.41, 5.74) is 0. The Morgan fingerprint density at radius 3 is 2.32 bits per heavy atom. The Kier molecular flexibility index (Phi) is 13.5. The maximum Gasteiger partial charge on any atom is 0.0462 e. The zero-order valence-corrected chi connectivity index (χ0v) is 13.2. The Hall–Kier alpha value is -0.550. The van der Waals surface area contributed by atoms with E-state index in [0.717, 1.165) is 6.04 Å². The SMILES string of the molecule is C#N.CCCCCCCN1CCCCC1CCCC. The second-order valence-electron chi connectivity index (χ2n) is 5.74. The van der Waals surface area contributed by atoms with Crippen LogP contribution in [0.15, 0.2) is 0 Å². The molecule has 0 bridgehead atoms. The highest BCUT2D eigenvalue weighted by Gasteiger charge is 2.20. The van der Waals surface area contributed by atoms with E-state index in [1.807, 2.05) is 0 Å². The van der Waals surface area contributed by atoms with Crippen molar-refractivity contribution in [3.8, 4) is 6.57 Å². The molecule has 1 atom stereocenters. The summed E-state index contributed by atoms with van der Waals surface area (Å²) >= 11 is 0. The van der Waals surface area contributed by atoms with Crippen LogP contribution in [0.3, 0.4) is 0 Å². The summed E-state index contributed by atoms with van der Waals surface area (Å²) in [7, 11) is 0. The Morgan fingerprint density at radius 2 is 1.63 bits per heavy atom. The van der Waals surface area contributed by atoms with E-state index in [-0.39, 0.29) is 0 Å². The topological polar surface area (TPSA) is 27.0 Å². The molecule has 0 amide bonds. The number of nitrogens with zero attached hydrogens (tertiary/aromatic N) is 2. The van der Waals surface area contributed by atoms with Crippen molar-refractivity contribution in [3.63, 3.8) is 0 Å². The van der Waals surface area contributed by atoms with Gasteiger partial charge in [-0.25, -0.2) is 5.26 Å². The first-order chi connectivity index (χ1) is 9.38. The third-order valence-electron chi connectivity index (χ3n) is 4.19. The molecule has 0 N–H and O–H groups in total. The van der Waals surface area contributed by atoms with Gasteiger partial charge >= 0.3 is 0 Å². The summed E-state index contributed by atoms with van der Waals surface area (Å²) in [5.74, 6) is 0. The van der Waals surface area contributed by atoms with Gasteiger partial charge in [0.2, 0.25) is 0 Å². The highest BCUT2D eigenvalue weighted by atomic mass is 15.2. The van der Waals surface area contributed by atoms with Crippen molar-refractivity contribution < 1.29 is 0 Å². The van der Waals surface area contributed by atoms with E-state index >= 15 is 0 Å². The van der Waals surface area contributed by atoms with Gasteiger partial charge in [0.15, 0.2) is 0 Å². The molecular weight excluding hydrogens is 232 g/mol. The molecule has 2 heteroatoms. The number of nitriles is 1. The molecule has 0 aromatic carbocycles. The molecule has 0 aromatic rings. The lowest BCUT2D eigenvalue weighted by Gasteiger charge is -2.36. The molecule has 112 valence electrons. The van der Waals surface area contributed by atoms with Crippen LogP contribution in [0, 0.1) is 11.8 Å². The second-order valence-corrected chi connectivity index (χ2v) is 5.74. The second kappa shape index (κ2) is 13.9. The number of unbranched alkanes of at least 4 members (excludes halogenated alkanes) is 5. The third-order valence-corrected chi connectivity index (χ3v) is 4.19. The Bertz CT molecular complexity index is 201. The largest absolute Gasteiger partial charge is 0.300 e. The lowest BCUT2D eigenvalue weighted by atomic mass is 9.97. The smallest absolute Gasteiger partial charge is 0.0462 e. The van der Waals surface area contributed by atoms with Crippen molar-refractivity contribution >= 4 is 0 Å². The van der Waals surface area contributed by atoms with Crippen LogP contribution in [0.5, 0.6) is 0 Å². The van der Waals surface area contributed by atoms with Gasteiger partial charge in [-0.1, -0.05) is 58.8 Å². The summed E-state index contributed by atoms with van der Waals surface area (Å²) < 4.78 is 0. The fourth-order valence-electron chi connectivity index (χ4n) is 3.04. The zero-order chi connectivity index (χ0) is 14.3. The molecule has 1 aliphatic rings. The van der Waals surface area contributed by atoms with E-state index in [2.05, 4.69) is 25.3 Å². The minimum Gasteiger partial charge on any atom is -0.300 e. The molecule has 0 aromatic heterocycles. The standard InChI is InChI=1S/C16H33N.CHN/c1-3-5-7-8-10-14-17-15-11-9-13-16(17)12-6-4-2;1-2/h16H,3-15H2,1-2H3;1H. The first-order valence-corrected chi connectivity index (χ1v) is 8.38. The van der Waals surface area contributed by atoms with Gasteiger partial charge in [-0.15, -0.1) is 0 Å². The molecule has 1 saturated heterocycles. The molecule has 0 spiro atoms. The van der Waals surface area contributed by atoms with Gasteiger partial charge in [-0.05, 0) is 38.8 Å². The van der Waals surface area contributed by atoms with Crippen LogP contribution in [-0.4, -0.2) is 24.0 Å². The van der Waals surface area contributed by atoms with Crippen LogP contribution < -0.4 is 0 Å². The third kappa shape index (κ3) is 9.05. The fraction of sp³-hybridized carbons (Fsp3) is 0.941. The van der Waals surface area contributed by atoms with Gasteiger partial charge < -0.3 is 4.90 Å². The van der Waals surface area contributed by atoms with Gasteiger partial charge in [0.05, 0.1) is 0 Å². The molecule has 0 aliphatic carbocycles. The highest BCUT2D eigenvalue weighted by Crippen LogP contribution is 2.22. The maximum atomic E-state index is 6.50. The average Bonchev–Trinajstić information content (AvgIpc) is 2.48. The van der Waals surface area contributed by atoms with Crippen LogP contribution in [-0.2, 0) is 0 Å². The quantitative estimate of drug-likeness (QED) is 0.540. The van der Waals surface area contributed by atoms with Crippen molar-refractivity contribution in [2.75, 3.05) is 13.1 Å². The predicted octanol–water partition coefficient (Wildman–Crippen LogP) is 5.14. The van der Waals surface area contributed by atoms with Crippen molar-refractivity contribution in [1.82, 2.24) is 4.90 Å². The first kappa shape index (κ1) is 18.4. The van der Waals surface area contributed by atoms with Gasteiger partial charge in [0, 0.05) is 12.6 Å². The van der Waals surface area contributed by atoms with E-state index in [4.69, 9.17) is 5.26 Å². The van der Waals surface area contributed by atoms with Crippen LogP contribution in [0.25, 0.3) is 0 Å². The van der Waals surface area contributed by atoms with Gasteiger partial charge in [0.25, 0.3) is 0 Å². The van der Waals surface area contributed by atoms with Gasteiger partial charge in [-0.2, -0.15) is 0 Å². The molecule has 1 heterocycles. The van der Waals surface area contributed by atoms with Gasteiger partial charge in [-0.3, -0.25) is 0 Å². The van der Waals surface area contributed by atoms with Crippen molar-refractivity contribution in [2.24, 2.45) is 0 Å². The van der Waals surface area contributed by atoms with E-state index < -0.39 is 0 Å². The van der Waals surface area contributed by atoms with Crippen LogP contribution in [0.4, 0.5) is 0 Å². The number of piperidine rings is 1. The summed E-state index contributed by atoms with van der Waals surface area (Å²) in [6.07, 6.45) is 15.7. The van der Waals surface area contributed by atoms with E-state index in [0.29, 0.717) is 0 Å². The summed E-state index contributed by atoms with van der Waals surface area (Å²) in [5, 5.41) is 6.50.